The van der Waals surface area contributed by atoms with E-state index in [2.05, 4.69) is 5.32 Å². The van der Waals surface area contributed by atoms with Crippen LogP contribution in [0.3, 0.4) is 0 Å². The van der Waals surface area contributed by atoms with Gasteiger partial charge in [0.05, 0.1) is 0 Å². The number of nitrogens with zero attached hydrogens (tertiary/aromatic N) is 1. The third kappa shape index (κ3) is 3.82. The predicted octanol–water partition coefficient (Wildman–Crippen LogP) is 2.83. The van der Waals surface area contributed by atoms with Crippen molar-refractivity contribution in [3.8, 4) is 11.3 Å². The van der Waals surface area contributed by atoms with Gasteiger partial charge >= 0.3 is 0 Å². The van der Waals surface area contributed by atoms with Gasteiger partial charge in [-0.05, 0) is 49.2 Å². The zero-order valence-electron chi connectivity index (χ0n) is 13.3. The summed E-state index contributed by atoms with van der Waals surface area (Å²) in [4.78, 5) is 25.8. The minimum absolute atomic E-state index is 0.0687. The molecule has 0 saturated carbocycles. The van der Waals surface area contributed by atoms with E-state index in [1.165, 1.54) is 12.1 Å². The quantitative estimate of drug-likeness (QED) is 0.917. The first-order chi connectivity index (χ1) is 11.6. The van der Waals surface area contributed by atoms with Gasteiger partial charge in [-0.25, -0.2) is 4.39 Å². The number of benzene rings is 1. The summed E-state index contributed by atoms with van der Waals surface area (Å²) in [6.07, 6.45) is 2.39. The second kappa shape index (κ2) is 7.29. The van der Waals surface area contributed by atoms with Crippen LogP contribution >= 0.6 is 0 Å². The van der Waals surface area contributed by atoms with Crippen molar-refractivity contribution < 1.29 is 18.4 Å². The van der Waals surface area contributed by atoms with Crippen molar-refractivity contribution in [2.75, 3.05) is 19.6 Å². The Morgan fingerprint density at radius 1 is 1.08 bits per heavy atom. The molecule has 1 fully saturated rings. The molecule has 1 saturated heterocycles. The van der Waals surface area contributed by atoms with Gasteiger partial charge in [-0.3, -0.25) is 9.59 Å². The van der Waals surface area contributed by atoms with Crippen molar-refractivity contribution in [3.05, 3.63) is 48.0 Å². The molecule has 0 unspecified atom stereocenters. The van der Waals surface area contributed by atoms with Gasteiger partial charge in [-0.2, -0.15) is 0 Å². The molecule has 3 rings (SSSR count). The van der Waals surface area contributed by atoms with Gasteiger partial charge in [0.1, 0.15) is 11.6 Å². The third-order valence-electron chi connectivity index (χ3n) is 4.04. The zero-order chi connectivity index (χ0) is 16.9. The van der Waals surface area contributed by atoms with E-state index in [9.17, 15) is 14.0 Å². The van der Waals surface area contributed by atoms with Gasteiger partial charge in [0.2, 0.25) is 5.91 Å². The smallest absolute Gasteiger partial charge is 0.287 e. The van der Waals surface area contributed by atoms with E-state index in [0.29, 0.717) is 11.3 Å². The Morgan fingerprint density at radius 2 is 1.79 bits per heavy atom. The molecule has 2 aromatic rings. The number of nitrogens with one attached hydrogen (secondary N) is 1. The Balaban J connectivity index is 1.52. The molecule has 24 heavy (non-hydrogen) atoms. The third-order valence-corrected chi connectivity index (χ3v) is 4.04. The minimum Gasteiger partial charge on any atom is -0.451 e. The molecule has 0 atom stereocenters. The molecule has 1 aliphatic heterocycles. The maximum Gasteiger partial charge on any atom is 0.287 e. The highest BCUT2D eigenvalue weighted by Gasteiger charge is 2.18. The highest BCUT2D eigenvalue weighted by Crippen LogP contribution is 2.22. The van der Waals surface area contributed by atoms with Crippen molar-refractivity contribution in [2.45, 2.75) is 19.3 Å². The van der Waals surface area contributed by atoms with Gasteiger partial charge in [-0.1, -0.05) is 0 Å². The van der Waals surface area contributed by atoms with Crippen LogP contribution in [0.1, 0.15) is 29.8 Å². The summed E-state index contributed by atoms with van der Waals surface area (Å²) in [5.74, 6) is 0.0408. The molecule has 0 radical (unpaired) electrons. The van der Waals surface area contributed by atoms with E-state index in [1.807, 2.05) is 4.90 Å². The number of likely N-dealkylation sites (tertiary alicyclic amines) is 1. The van der Waals surface area contributed by atoms with E-state index in [4.69, 9.17) is 4.42 Å². The highest BCUT2D eigenvalue weighted by atomic mass is 19.1. The van der Waals surface area contributed by atoms with Gasteiger partial charge in [-0.15, -0.1) is 0 Å². The molecule has 2 heterocycles. The summed E-state index contributed by atoms with van der Waals surface area (Å²) in [6, 6.07) is 9.08. The maximum absolute atomic E-state index is 12.9. The summed E-state index contributed by atoms with van der Waals surface area (Å²) >= 11 is 0. The number of halogens is 1. The maximum atomic E-state index is 12.9. The minimum atomic E-state index is -0.363. The first-order valence-electron chi connectivity index (χ1n) is 8.05. The molecule has 1 N–H and O–H groups in total. The van der Waals surface area contributed by atoms with Crippen LogP contribution in [0, 0.1) is 5.82 Å². The molecule has 6 heteroatoms. The van der Waals surface area contributed by atoms with Gasteiger partial charge in [0, 0.05) is 31.6 Å². The number of amides is 2. The van der Waals surface area contributed by atoms with Crippen LogP contribution in [-0.4, -0.2) is 36.3 Å². The van der Waals surface area contributed by atoms with Crippen LogP contribution in [0.2, 0.25) is 0 Å². The lowest BCUT2D eigenvalue weighted by Crippen LogP contribution is -2.32. The average molecular weight is 330 g/mol. The molecule has 1 aliphatic rings. The summed E-state index contributed by atoms with van der Waals surface area (Å²) in [5.41, 5.74) is 0.694. The Labute approximate surface area is 139 Å². The largest absolute Gasteiger partial charge is 0.451 e. The molecule has 0 aliphatic carbocycles. The van der Waals surface area contributed by atoms with Crippen LogP contribution in [0.25, 0.3) is 11.3 Å². The number of hydrogen-bond donors (Lipinski definition) is 1. The van der Waals surface area contributed by atoms with E-state index in [1.54, 1.807) is 24.3 Å². The van der Waals surface area contributed by atoms with Gasteiger partial charge in [0.25, 0.3) is 5.91 Å². The van der Waals surface area contributed by atoms with Gasteiger partial charge < -0.3 is 14.6 Å². The molecular weight excluding hydrogens is 311 g/mol. The topological polar surface area (TPSA) is 62.6 Å². The Morgan fingerprint density at radius 3 is 2.50 bits per heavy atom. The molecule has 0 spiro atoms. The Bertz CT molecular complexity index is 718. The normalized spacial score (nSPS) is 14.0. The molecule has 0 bridgehead atoms. The van der Waals surface area contributed by atoms with Gasteiger partial charge in [0.15, 0.2) is 5.76 Å². The predicted molar refractivity (Wildman–Crippen MR) is 86.9 cm³/mol. The number of carbonyl (C=O) groups excluding carboxylic acids is 2. The summed E-state index contributed by atoms with van der Waals surface area (Å²) in [7, 11) is 0. The van der Waals surface area contributed by atoms with E-state index in [-0.39, 0.29) is 36.4 Å². The molecular formula is C18H19FN2O3. The average Bonchev–Trinajstić information content (AvgIpc) is 3.27. The number of furan rings is 1. The highest BCUT2D eigenvalue weighted by molar-refractivity contribution is 5.92. The number of hydrogen-bond acceptors (Lipinski definition) is 3. The monoisotopic (exact) mass is 330 g/mol. The van der Waals surface area contributed by atoms with E-state index >= 15 is 0 Å². The van der Waals surface area contributed by atoms with Crippen molar-refractivity contribution >= 4 is 11.8 Å². The fraction of sp³-hybridized carbons (Fsp3) is 0.333. The van der Waals surface area contributed by atoms with Crippen molar-refractivity contribution in [3.63, 3.8) is 0 Å². The number of carbonyl (C=O) groups is 2. The van der Waals surface area contributed by atoms with Crippen molar-refractivity contribution in [1.82, 2.24) is 10.2 Å². The molecule has 2 amide bonds. The fourth-order valence-electron chi connectivity index (χ4n) is 2.72. The number of rotatable bonds is 5. The second-order valence-electron chi connectivity index (χ2n) is 5.76. The van der Waals surface area contributed by atoms with Crippen LogP contribution in [-0.2, 0) is 4.79 Å². The fourth-order valence-corrected chi connectivity index (χ4v) is 2.72. The van der Waals surface area contributed by atoms with Crippen LogP contribution in [0.4, 0.5) is 4.39 Å². The SMILES string of the molecule is O=C(NCCC(=O)N1CCCC1)c1ccc(-c2ccc(F)cc2)o1. The summed E-state index contributed by atoms with van der Waals surface area (Å²) in [5, 5.41) is 2.69. The van der Waals surface area contributed by atoms with Crippen LogP contribution in [0.15, 0.2) is 40.8 Å². The molecule has 126 valence electrons. The summed E-state index contributed by atoms with van der Waals surface area (Å²) < 4.78 is 18.4. The van der Waals surface area contributed by atoms with E-state index < -0.39 is 0 Å². The lowest BCUT2D eigenvalue weighted by Gasteiger charge is -2.14. The first kappa shape index (κ1) is 16.2. The van der Waals surface area contributed by atoms with Crippen molar-refractivity contribution in [2.24, 2.45) is 0 Å². The van der Waals surface area contributed by atoms with Crippen LogP contribution < -0.4 is 5.32 Å². The first-order valence-corrected chi connectivity index (χ1v) is 8.05. The zero-order valence-corrected chi connectivity index (χ0v) is 13.3. The van der Waals surface area contributed by atoms with Crippen molar-refractivity contribution in [1.29, 1.82) is 0 Å². The lowest BCUT2D eigenvalue weighted by atomic mass is 10.2. The molecule has 5 nitrogen and oxygen atoms in total. The Hall–Kier alpha value is -2.63. The second-order valence-corrected chi connectivity index (χ2v) is 5.76. The van der Waals surface area contributed by atoms with E-state index in [0.717, 1.165) is 25.9 Å². The van der Waals surface area contributed by atoms with Crippen LogP contribution in [0.5, 0.6) is 0 Å². The molecule has 1 aromatic carbocycles. The Kier molecular flexibility index (Phi) is 4.93. The lowest BCUT2D eigenvalue weighted by molar-refractivity contribution is -0.129. The summed E-state index contributed by atoms with van der Waals surface area (Å²) in [6.45, 7) is 1.90. The molecule has 1 aromatic heterocycles. The standard InChI is InChI=1S/C18H19FN2O3/c19-14-5-3-13(4-6-14)15-7-8-16(24-15)18(23)20-10-9-17(22)21-11-1-2-12-21/h3-8H,1-2,9-12H2,(H,20,23).